The molecule has 0 aromatic heterocycles. The third-order valence-electron chi connectivity index (χ3n) is 3.84. The molecule has 4 nitrogen and oxygen atoms in total. The lowest BCUT2D eigenvalue weighted by Crippen LogP contribution is -2.32. The quantitative estimate of drug-likeness (QED) is 0.582. The Labute approximate surface area is 130 Å². The van der Waals surface area contributed by atoms with Crippen LogP contribution >= 0.6 is 0 Å². The molecule has 4 rings (SSSR count). The van der Waals surface area contributed by atoms with Gasteiger partial charge in [0, 0.05) is 6.42 Å². The number of rotatable bonds is 7. The van der Waals surface area contributed by atoms with Gasteiger partial charge in [0.05, 0.1) is 31.5 Å². The van der Waals surface area contributed by atoms with Crippen molar-refractivity contribution < 1.29 is 14.3 Å². The van der Waals surface area contributed by atoms with E-state index in [-0.39, 0.29) is 6.10 Å². The second-order valence-electron chi connectivity index (χ2n) is 5.71. The number of hydrogen-bond acceptors (Lipinski definition) is 4. The van der Waals surface area contributed by atoms with Crippen LogP contribution in [0.25, 0.3) is 0 Å². The van der Waals surface area contributed by atoms with Gasteiger partial charge in [0.1, 0.15) is 6.10 Å². The first-order valence-corrected chi connectivity index (χ1v) is 7.70. The van der Waals surface area contributed by atoms with Crippen molar-refractivity contribution in [1.29, 1.82) is 0 Å². The molecule has 2 unspecified atom stereocenters. The van der Waals surface area contributed by atoms with Gasteiger partial charge in [-0.15, -0.1) is 0 Å². The van der Waals surface area contributed by atoms with Gasteiger partial charge in [0.25, 0.3) is 0 Å². The number of hydroxylamine groups is 1. The first kappa shape index (κ1) is 13.6. The number of benzene rings is 2. The molecule has 2 aliphatic rings. The van der Waals surface area contributed by atoms with Gasteiger partial charge in [-0.2, -0.15) is 0 Å². The van der Waals surface area contributed by atoms with Crippen molar-refractivity contribution in [3.05, 3.63) is 60.2 Å². The predicted octanol–water partition coefficient (Wildman–Crippen LogP) is 2.83. The van der Waals surface area contributed by atoms with Gasteiger partial charge in [-0.05, 0) is 23.8 Å². The number of anilines is 1. The molecule has 0 spiro atoms. The average molecular weight is 297 g/mol. The first-order chi connectivity index (χ1) is 10.9. The molecule has 0 N–H and O–H groups in total. The summed E-state index contributed by atoms with van der Waals surface area (Å²) in [4.78, 5) is 6.11. The molecule has 2 aromatic rings. The van der Waals surface area contributed by atoms with Gasteiger partial charge in [0.2, 0.25) is 0 Å². The zero-order chi connectivity index (χ0) is 14.8. The number of hydrogen-bond donors (Lipinski definition) is 0. The zero-order valence-corrected chi connectivity index (χ0v) is 12.4. The Bertz CT molecular complexity index is 623. The molecular formula is C18H19NO3. The van der Waals surface area contributed by atoms with Crippen LogP contribution in [0, 0.1) is 0 Å². The van der Waals surface area contributed by atoms with E-state index < -0.39 is 0 Å². The Hall–Kier alpha value is -2.04. The molecule has 0 aliphatic carbocycles. The van der Waals surface area contributed by atoms with E-state index in [1.54, 1.807) is 0 Å². The van der Waals surface area contributed by atoms with Crippen LogP contribution in [0.4, 0.5) is 5.69 Å². The molecule has 2 heterocycles. The molecule has 4 heteroatoms. The molecule has 0 amide bonds. The minimum atomic E-state index is 0.258. The maximum Gasteiger partial charge on any atom is 0.155 e. The normalized spacial score (nSPS) is 22.2. The fraction of sp³-hybridized carbons (Fsp3) is 0.333. The monoisotopic (exact) mass is 297 g/mol. The molecule has 22 heavy (non-hydrogen) atoms. The van der Waals surface area contributed by atoms with Crippen LogP contribution < -0.4 is 9.90 Å². The number of para-hydroxylation sites is 2. The van der Waals surface area contributed by atoms with Crippen LogP contribution in [0.3, 0.4) is 0 Å². The maximum absolute atomic E-state index is 6.11. The number of ether oxygens (including phenoxy) is 2. The first-order valence-electron chi connectivity index (χ1n) is 7.70. The minimum Gasteiger partial charge on any atom is -0.379 e. The standard InChI is InChI=1S/C18H19NO3/c1-2-7-15(8-3-1)22-19(11-17-13-21-17)18-9-5-4-6-14(18)10-16-12-20-16/h1-9,16-17H,10-13H2. The van der Waals surface area contributed by atoms with Crippen molar-refractivity contribution >= 4 is 5.69 Å². The summed E-state index contributed by atoms with van der Waals surface area (Å²) in [6.45, 7) is 2.40. The van der Waals surface area contributed by atoms with Crippen LogP contribution in [0.5, 0.6) is 5.75 Å². The molecule has 2 saturated heterocycles. The lowest BCUT2D eigenvalue weighted by atomic mass is 10.1. The van der Waals surface area contributed by atoms with E-state index in [1.165, 1.54) is 5.56 Å². The fourth-order valence-corrected chi connectivity index (χ4v) is 2.51. The Morgan fingerprint density at radius 2 is 1.59 bits per heavy atom. The van der Waals surface area contributed by atoms with Crippen LogP contribution in [0.2, 0.25) is 0 Å². The van der Waals surface area contributed by atoms with Gasteiger partial charge in [-0.3, -0.25) is 0 Å². The summed E-state index contributed by atoms with van der Waals surface area (Å²) >= 11 is 0. The zero-order valence-electron chi connectivity index (χ0n) is 12.4. The molecule has 2 fully saturated rings. The van der Waals surface area contributed by atoms with Gasteiger partial charge in [-0.1, -0.05) is 36.4 Å². The van der Waals surface area contributed by atoms with E-state index in [9.17, 15) is 0 Å². The van der Waals surface area contributed by atoms with E-state index in [0.717, 1.165) is 37.6 Å². The third kappa shape index (κ3) is 3.40. The summed E-state index contributed by atoms with van der Waals surface area (Å²) in [5.41, 5.74) is 2.35. The molecule has 0 radical (unpaired) electrons. The topological polar surface area (TPSA) is 37.5 Å². The van der Waals surface area contributed by atoms with Gasteiger partial charge in [0.15, 0.2) is 5.75 Å². The number of epoxide rings is 2. The summed E-state index contributed by atoms with van der Waals surface area (Å²) in [6, 6.07) is 18.2. The minimum absolute atomic E-state index is 0.258. The number of nitrogens with zero attached hydrogens (tertiary/aromatic N) is 1. The Morgan fingerprint density at radius 1 is 0.909 bits per heavy atom. The van der Waals surface area contributed by atoms with Gasteiger partial charge in [-0.25, -0.2) is 5.06 Å². The molecule has 2 atom stereocenters. The molecule has 0 bridgehead atoms. The second kappa shape index (κ2) is 5.99. The molecular weight excluding hydrogens is 278 g/mol. The lowest BCUT2D eigenvalue weighted by molar-refractivity contribution is 0.260. The van der Waals surface area contributed by atoms with Crippen LogP contribution in [-0.2, 0) is 15.9 Å². The van der Waals surface area contributed by atoms with E-state index >= 15 is 0 Å². The van der Waals surface area contributed by atoms with Crippen molar-refractivity contribution in [3.8, 4) is 5.75 Å². The largest absolute Gasteiger partial charge is 0.379 e. The Balaban J connectivity index is 1.58. The Kier molecular flexibility index (Phi) is 3.70. The van der Waals surface area contributed by atoms with E-state index in [1.807, 2.05) is 41.5 Å². The third-order valence-corrected chi connectivity index (χ3v) is 3.84. The average Bonchev–Trinajstić information content (AvgIpc) is 3.45. The van der Waals surface area contributed by atoms with Crippen LogP contribution in [-0.4, -0.2) is 32.0 Å². The van der Waals surface area contributed by atoms with Gasteiger partial charge >= 0.3 is 0 Å². The van der Waals surface area contributed by atoms with Crippen molar-refractivity contribution in [3.63, 3.8) is 0 Å². The van der Waals surface area contributed by atoms with Crippen LogP contribution in [0.1, 0.15) is 5.56 Å². The van der Waals surface area contributed by atoms with Crippen molar-refractivity contribution in [2.75, 3.05) is 24.8 Å². The van der Waals surface area contributed by atoms with E-state index in [2.05, 4.69) is 18.2 Å². The van der Waals surface area contributed by atoms with E-state index in [4.69, 9.17) is 14.3 Å². The maximum atomic E-state index is 6.11. The van der Waals surface area contributed by atoms with Crippen LogP contribution in [0.15, 0.2) is 54.6 Å². The second-order valence-corrected chi connectivity index (χ2v) is 5.71. The highest BCUT2D eigenvalue weighted by atomic mass is 16.7. The van der Waals surface area contributed by atoms with Crippen molar-refractivity contribution in [2.45, 2.75) is 18.6 Å². The summed E-state index contributed by atoms with van der Waals surface area (Å²) in [7, 11) is 0. The molecule has 2 aromatic carbocycles. The summed E-state index contributed by atoms with van der Waals surface area (Å²) < 4.78 is 10.8. The van der Waals surface area contributed by atoms with Gasteiger partial charge < -0.3 is 14.3 Å². The SMILES string of the molecule is c1ccc(ON(CC2CO2)c2ccccc2CC2CO2)cc1. The summed E-state index contributed by atoms with van der Waals surface area (Å²) in [5, 5.41) is 1.95. The highest BCUT2D eigenvalue weighted by Crippen LogP contribution is 2.28. The predicted molar refractivity (Wildman–Crippen MR) is 84.0 cm³/mol. The fourth-order valence-electron chi connectivity index (χ4n) is 2.51. The smallest absolute Gasteiger partial charge is 0.155 e. The Morgan fingerprint density at radius 3 is 2.32 bits per heavy atom. The summed E-state index contributed by atoms with van der Waals surface area (Å²) in [6.07, 6.45) is 1.54. The molecule has 114 valence electrons. The lowest BCUT2D eigenvalue weighted by Gasteiger charge is -2.26. The summed E-state index contributed by atoms with van der Waals surface area (Å²) in [5.74, 6) is 0.834. The highest BCUT2D eigenvalue weighted by Gasteiger charge is 2.29. The highest BCUT2D eigenvalue weighted by molar-refractivity contribution is 5.53. The van der Waals surface area contributed by atoms with Crippen molar-refractivity contribution in [2.24, 2.45) is 0 Å². The molecule has 2 aliphatic heterocycles. The van der Waals surface area contributed by atoms with Crippen molar-refractivity contribution in [1.82, 2.24) is 0 Å². The molecule has 0 saturated carbocycles. The van der Waals surface area contributed by atoms with E-state index in [0.29, 0.717) is 6.10 Å².